The predicted octanol–water partition coefficient (Wildman–Crippen LogP) is 2.68. The fourth-order valence-electron chi connectivity index (χ4n) is 1.65. The van der Waals surface area contributed by atoms with Crippen LogP contribution in [-0.2, 0) is 4.74 Å². The molecule has 1 aromatic carbocycles. The summed E-state index contributed by atoms with van der Waals surface area (Å²) in [5.74, 6) is 0.466. The van der Waals surface area contributed by atoms with Crippen LogP contribution in [0.4, 0.5) is 0 Å². The largest absolute Gasteiger partial charge is 0.385 e. The molecule has 0 aromatic heterocycles. The van der Waals surface area contributed by atoms with Gasteiger partial charge < -0.3 is 10.1 Å². The van der Waals surface area contributed by atoms with Crippen molar-refractivity contribution in [3.8, 4) is 0 Å². The SMILES string of the molecule is CNCC(CCOC)c1cccc(Cl)c1. The Hall–Kier alpha value is -0.570. The molecule has 1 rings (SSSR count). The lowest BCUT2D eigenvalue weighted by molar-refractivity contribution is 0.187. The molecule has 0 saturated heterocycles. The van der Waals surface area contributed by atoms with Crippen molar-refractivity contribution in [1.82, 2.24) is 5.32 Å². The van der Waals surface area contributed by atoms with Crippen molar-refractivity contribution in [3.05, 3.63) is 34.9 Å². The first kappa shape index (κ1) is 12.5. The Morgan fingerprint density at radius 3 is 2.87 bits per heavy atom. The number of methoxy groups -OCH3 is 1. The van der Waals surface area contributed by atoms with Crippen LogP contribution in [0.2, 0.25) is 5.02 Å². The van der Waals surface area contributed by atoms with Gasteiger partial charge in [0.05, 0.1) is 0 Å². The van der Waals surface area contributed by atoms with E-state index in [-0.39, 0.29) is 0 Å². The second-order valence-corrected chi connectivity index (χ2v) is 4.03. The van der Waals surface area contributed by atoms with Gasteiger partial charge in [0.2, 0.25) is 0 Å². The Morgan fingerprint density at radius 1 is 1.47 bits per heavy atom. The van der Waals surface area contributed by atoms with Crippen LogP contribution in [0.15, 0.2) is 24.3 Å². The highest BCUT2D eigenvalue weighted by Crippen LogP contribution is 2.22. The van der Waals surface area contributed by atoms with Crippen molar-refractivity contribution in [2.45, 2.75) is 12.3 Å². The summed E-state index contributed by atoms with van der Waals surface area (Å²) in [6, 6.07) is 8.04. The van der Waals surface area contributed by atoms with E-state index in [1.54, 1.807) is 7.11 Å². The molecular formula is C12H18ClNO. The molecule has 3 heteroatoms. The molecule has 0 aliphatic rings. The fourth-order valence-corrected chi connectivity index (χ4v) is 1.85. The maximum Gasteiger partial charge on any atom is 0.0468 e. The smallest absolute Gasteiger partial charge is 0.0468 e. The summed E-state index contributed by atoms with van der Waals surface area (Å²) < 4.78 is 5.11. The molecule has 1 N–H and O–H groups in total. The summed E-state index contributed by atoms with van der Waals surface area (Å²) >= 11 is 5.97. The van der Waals surface area contributed by atoms with Crippen LogP contribution in [0, 0.1) is 0 Å². The quantitative estimate of drug-likeness (QED) is 0.807. The molecule has 1 atom stereocenters. The van der Waals surface area contributed by atoms with Gasteiger partial charge >= 0.3 is 0 Å². The van der Waals surface area contributed by atoms with E-state index in [0.717, 1.165) is 24.6 Å². The zero-order valence-electron chi connectivity index (χ0n) is 9.29. The maximum absolute atomic E-state index is 5.97. The average Bonchev–Trinajstić information content (AvgIpc) is 2.24. The maximum atomic E-state index is 5.97. The van der Waals surface area contributed by atoms with Crippen LogP contribution in [0.25, 0.3) is 0 Å². The summed E-state index contributed by atoms with van der Waals surface area (Å²) in [7, 11) is 3.69. The fraction of sp³-hybridized carbons (Fsp3) is 0.500. The van der Waals surface area contributed by atoms with Gasteiger partial charge in [0.1, 0.15) is 0 Å². The number of rotatable bonds is 6. The second kappa shape index (κ2) is 6.83. The molecule has 0 heterocycles. The molecule has 0 radical (unpaired) electrons. The van der Waals surface area contributed by atoms with Crippen molar-refractivity contribution < 1.29 is 4.74 Å². The summed E-state index contributed by atoms with van der Waals surface area (Å²) in [4.78, 5) is 0. The Kier molecular flexibility index (Phi) is 5.69. The van der Waals surface area contributed by atoms with Crippen molar-refractivity contribution in [2.24, 2.45) is 0 Å². The highest BCUT2D eigenvalue weighted by molar-refractivity contribution is 6.30. The van der Waals surface area contributed by atoms with Gasteiger partial charge in [0, 0.05) is 25.3 Å². The minimum absolute atomic E-state index is 0.466. The first-order valence-corrected chi connectivity index (χ1v) is 5.54. The lowest BCUT2D eigenvalue weighted by Crippen LogP contribution is -2.18. The first-order valence-electron chi connectivity index (χ1n) is 5.17. The van der Waals surface area contributed by atoms with Gasteiger partial charge in [-0.25, -0.2) is 0 Å². The van der Waals surface area contributed by atoms with Gasteiger partial charge in [0.25, 0.3) is 0 Å². The van der Waals surface area contributed by atoms with Crippen LogP contribution in [0.3, 0.4) is 0 Å². The number of benzene rings is 1. The lowest BCUT2D eigenvalue weighted by Gasteiger charge is -2.16. The Labute approximate surface area is 96.6 Å². The van der Waals surface area contributed by atoms with Gasteiger partial charge in [-0.3, -0.25) is 0 Å². The molecule has 0 spiro atoms. The second-order valence-electron chi connectivity index (χ2n) is 3.59. The van der Waals surface area contributed by atoms with Gasteiger partial charge in [-0.2, -0.15) is 0 Å². The van der Waals surface area contributed by atoms with Crippen molar-refractivity contribution >= 4 is 11.6 Å². The molecule has 0 fully saturated rings. The van der Waals surface area contributed by atoms with E-state index in [1.807, 2.05) is 25.2 Å². The molecule has 0 amide bonds. The zero-order chi connectivity index (χ0) is 11.1. The molecule has 0 aliphatic heterocycles. The molecule has 2 nitrogen and oxygen atoms in total. The number of hydrogen-bond acceptors (Lipinski definition) is 2. The Bertz CT molecular complexity index is 291. The van der Waals surface area contributed by atoms with Gasteiger partial charge in [-0.15, -0.1) is 0 Å². The van der Waals surface area contributed by atoms with Crippen LogP contribution >= 0.6 is 11.6 Å². The highest BCUT2D eigenvalue weighted by Gasteiger charge is 2.10. The molecule has 1 aromatic rings. The number of nitrogens with one attached hydrogen (secondary N) is 1. The Morgan fingerprint density at radius 2 is 2.27 bits per heavy atom. The van der Waals surface area contributed by atoms with E-state index < -0.39 is 0 Å². The minimum atomic E-state index is 0.466. The summed E-state index contributed by atoms with van der Waals surface area (Å²) in [5, 5.41) is 3.99. The van der Waals surface area contributed by atoms with E-state index in [4.69, 9.17) is 16.3 Å². The molecule has 1 unspecified atom stereocenters. The monoisotopic (exact) mass is 227 g/mol. The van der Waals surface area contributed by atoms with Crippen LogP contribution < -0.4 is 5.32 Å². The van der Waals surface area contributed by atoms with E-state index in [0.29, 0.717) is 5.92 Å². The molecule has 15 heavy (non-hydrogen) atoms. The van der Waals surface area contributed by atoms with Gasteiger partial charge in [0.15, 0.2) is 0 Å². The van der Waals surface area contributed by atoms with E-state index in [1.165, 1.54) is 5.56 Å². The number of ether oxygens (including phenoxy) is 1. The molecule has 0 bridgehead atoms. The average molecular weight is 228 g/mol. The number of hydrogen-bond donors (Lipinski definition) is 1. The lowest BCUT2D eigenvalue weighted by atomic mass is 9.96. The van der Waals surface area contributed by atoms with Crippen molar-refractivity contribution in [1.29, 1.82) is 0 Å². The summed E-state index contributed by atoms with van der Waals surface area (Å²) in [6.45, 7) is 1.72. The molecule has 84 valence electrons. The van der Waals surface area contributed by atoms with Crippen LogP contribution in [-0.4, -0.2) is 27.3 Å². The topological polar surface area (TPSA) is 21.3 Å². The normalized spacial score (nSPS) is 12.7. The number of likely N-dealkylation sites (N-methyl/N-ethyl adjacent to an activating group) is 1. The summed E-state index contributed by atoms with van der Waals surface area (Å²) in [5.41, 5.74) is 1.27. The summed E-state index contributed by atoms with van der Waals surface area (Å²) in [6.07, 6.45) is 1.01. The predicted molar refractivity (Wildman–Crippen MR) is 64.6 cm³/mol. The third-order valence-electron chi connectivity index (χ3n) is 2.44. The van der Waals surface area contributed by atoms with Gasteiger partial charge in [-0.05, 0) is 37.1 Å². The zero-order valence-corrected chi connectivity index (χ0v) is 10.1. The van der Waals surface area contributed by atoms with E-state index >= 15 is 0 Å². The first-order chi connectivity index (χ1) is 7.27. The molecular weight excluding hydrogens is 210 g/mol. The van der Waals surface area contributed by atoms with Gasteiger partial charge in [-0.1, -0.05) is 23.7 Å². The third kappa shape index (κ3) is 4.20. The Balaban J connectivity index is 2.69. The van der Waals surface area contributed by atoms with Crippen LogP contribution in [0.1, 0.15) is 17.9 Å². The minimum Gasteiger partial charge on any atom is -0.385 e. The third-order valence-corrected chi connectivity index (χ3v) is 2.68. The van der Waals surface area contributed by atoms with Crippen molar-refractivity contribution in [3.63, 3.8) is 0 Å². The molecule has 0 saturated carbocycles. The van der Waals surface area contributed by atoms with Crippen molar-refractivity contribution in [2.75, 3.05) is 27.3 Å². The molecule has 0 aliphatic carbocycles. The van der Waals surface area contributed by atoms with E-state index in [9.17, 15) is 0 Å². The highest BCUT2D eigenvalue weighted by atomic mass is 35.5. The number of halogens is 1. The van der Waals surface area contributed by atoms with E-state index in [2.05, 4.69) is 11.4 Å². The standard InChI is InChI=1S/C12H18ClNO/c1-14-9-11(6-7-15-2)10-4-3-5-12(13)8-10/h3-5,8,11,14H,6-7,9H2,1-2H3. The van der Waals surface area contributed by atoms with Crippen LogP contribution in [0.5, 0.6) is 0 Å².